The highest BCUT2D eigenvalue weighted by molar-refractivity contribution is 5.89. The van der Waals surface area contributed by atoms with E-state index in [0.29, 0.717) is 5.56 Å². The van der Waals surface area contributed by atoms with Crippen LogP contribution in [0.15, 0.2) is 66.7 Å². The van der Waals surface area contributed by atoms with Gasteiger partial charge in [0.15, 0.2) is 6.10 Å². The van der Waals surface area contributed by atoms with Crippen molar-refractivity contribution in [3.63, 3.8) is 0 Å². The van der Waals surface area contributed by atoms with Crippen molar-refractivity contribution in [2.24, 2.45) is 11.3 Å². The van der Waals surface area contributed by atoms with Crippen LogP contribution in [0.4, 0.5) is 0 Å². The Morgan fingerprint density at radius 2 is 1.49 bits per heavy atom. The van der Waals surface area contributed by atoms with Crippen molar-refractivity contribution < 1.29 is 58.2 Å². The first-order valence-corrected chi connectivity index (χ1v) is 15.4. The highest BCUT2D eigenvalue weighted by Gasteiger charge is 2.87. The van der Waals surface area contributed by atoms with Crippen LogP contribution in [0.1, 0.15) is 57.0 Å². The van der Waals surface area contributed by atoms with Gasteiger partial charge >= 0.3 is 23.9 Å². The van der Waals surface area contributed by atoms with Crippen molar-refractivity contribution in [1.82, 2.24) is 0 Å². The van der Waals surface area contributed by atoms with E-state index in [-0.39, 0.29) is 5.56 Å². The maximum Gasteiger partial charge on any atom is 0.338 e. The van der Waals surface area contributed by atoms with Gasteiger partial charge in [-0.2, -0.15) is 0 Å². The van der Waals surface area contributed by atoms with E-state index in [1.807, 2.05) is 0 Å². The Kier molecular flexibility index (Phi) is 9.10. The number of carbonyl (C=O) groups is 4. The Hall–Kier alpha value is -4.10. The molecule has 2 aliphatic carbocycles. The minimum Gasteiger partial charge on any atom is -0.465 e. The van der Waals surface area contributed by atoms with Gasteiger partial charge in [-0.1, -0.05) is 48.5 Å². The van der Waals surface area contributed by atoms with Crippen LogP contribution in [0.3, 0.4) is 0 Å². The van der Waals surface area contributed by atoms with Crippen LogP contribution in [-0.2, 0) is 38.1 Å². The average molecular weight is 653 g/mol. The fourth-order valence-corrected chi connectivity index (χ4v) is 7.95. The van der Waals surface area contributed by atoms with Gasteiger partial charge in [-0.3, -0.25) is 9.59 Å². The van der Waals surface area contributed by atoms with E-state index in [2.05, 4.69) is 0 Å². The summed E-state index contributed by atoms with van der Waals surface area (Å²) in [6, 6.07) is 16.7. The maximum atomic E-state index is 13.7. The van der Waals surface area contributed by atoms with Crippen molar-refractivity contribution in [2.75, 3.05) is 6.61 Å². The summed E-state index contributed by atoms with van der Waals surface area (Å²) in [6.07, 6.45) is -6.09. The molecule has 252 valence electrons. The Labute approximate surface area is 272 Å². The Morgan fingerprint density at radius 3 is 2.09 bits per heavy atom. The van der Waals surface area contributed by atoms with E-state index < -0.39 is 95.6 Å². The minimum absolute atomic E-state index is 0.105. The molecule has 2 bridgehead atoms. The monoisotopic (exact) mass is 652 g/mol. The van der Waals surface area contributed by atoms with E-state index in [1.54, 1.807) is 62.4 Å². The number of ether oxygens (including phenoxy) is 5. The fourth-order valence-electron chi connectivity index (χ4n) is 7.95. The zero-order valence-corrected chi connectivity index (χ0v) is 26.8. The number of carbonyl (C=O) groups excluding carboxylic acids is 4. The van der Waals surface area contributed by atoms with Crippen molar-refractivity contribution in [3.8, 4) is 0 Å². The predicted molar refractivity (Wildman–Crippen MR) is 164 cm³/mol. The lowest BCUT2D eigenvalue weighted by atomic mass is 9.46. The van der Waals surface area contributed by atoms with E-state index in [1.165, 1.54) is 25.1 Å². The summed E-state index contributed by atoms with van der Waals surface area (Å²) in [6.45, 7) is 5.97. The Balaban J connectivity index is 1.75. The molecule has 1 spiro atoms. The van der Waals surface area contributed by atoms with Gasteiger partial charge in [0.2, 0.25) is 0 Å². The number of benzene rings is 2. The molecule has 1 heterocycles. The molecule has 1 saturated heterocycles. The van der Waals surface area contributed by atoms with Gasteiger partial charge in [0.25, 0.3) is 0 Å². The second-order valence-corrected chi connectivity index (χ2v) is 13.1. The molecule has 2 aromatic rings. The quantitative estimate of drug-likeness (QED) is 0.216. The molecular formula is C35H40O12. The first-order chi connectivity index (χ1) is 22.1. The van der Waals surface area contributed by atoms with Gasteiger partial charge in [-0.25, -0.2) is 9.59 Å². The molecule has 3 aliphatic rings. The molecule has 12 heteroatoms. The van der Waals surface area contributed by atoms with Crippen LogP contribution in [-0.4, -0.2) is 93.1 Å². The topological polar surface area (TPSA) is 175 Å². The summed E-state index contributed by atoms with van der Waals surface area (Å²) in [4.78, 5) is 52.2. The molecule has 5 rings (SSSR count). The maximum absolute atomic E-state index is 13.7. The number of rotatable bonds is 8. The molecule has 2 aromatic carbocycles. The Bertz CT molecular complexity index is 1540. The molecule has 0 radical (unpaired) electrons. The number of aliphatic hydroxyl groups is 3. The zero-order valence-electron chi connectivity index (χ0n) is 26.8. The smallest absolute Gasteiger partial charge is 0.338 e. The molecule has 3 N–H and O–H groups in total. The standard InChI is InChI=1S/C35H40O12/c1-20(36)43-19-34-29(45-25(38)17-16-22-12-8-6-9-13-22)24(44-21(2)37)18-33(5,42)35(34)28(40)26(32(3,4)47-35)27(39)30(34)46-31(41)23-14-10-7-11-15-23/h6-17,24,26-30,39-40,42H,18-19H2,1-5H3/t24-,26+,27-,28+,29-,30+,33-,34-,35-/m0/s1. The van der Waals surface area contributed by atoms with E-state index in [0.717, 1.165) is 19.9 Å². The van der Waals surface area contributed by atoms with Crippen LogP contribution in [0.2, 0.25) is 0 Å². The lowest BCUT2D eigenvalue weighted by molar-refractivity contribution is -0.362. The van der Waals surface area contributed by atoms with Gasteiger partial charge in [0, 0.05) is 32.3 Å². The summed E-state index contributed by atoms with van der Waals surface area (Å²) in [7, 11) is 0. The van der Waals surface area contributed by atoms with Crippen molar-refractivity contribution in [1.29, 1.82) is 0 Å². The third kappa shape index (κ3) is 5.73. The zero-order chi connectivity index (χ0) is 34.4. The number of esters is 4. The second-order valence-electron chi connectivity index (χ2n) is 13.1. The molecule has 1 aliphatic heterocycles. The lowest BCUT2D eigenvalue weighted by Gasteiger charge is -2.66. The van der Waals surface area contributed by atoms with E-state index in [9.17, 15) is 34.5 Å². The summed E-state index contributed by atoms with van der Waals surface area (Å²) in [5.74, 6) is -4.59. The summed E-state index contributed by atoms with van der Waals surface area (Å²) >= 11 is 0. The molecule has 2 saturated carbocycles. The van der Waals surface area contributed by atoms with E-state index >= 15 is 0 Å². The summed E-state index contributed by atoms with van der Waals surface area (Å²) in [5.41, 5.74) is -7.17. The summed E-state index contributed by atoms with van der Waals surface area (Å²) < 4.78 is 30.0. The largest absolute Gasteiger partial charge is 0.465 e. The van der Waals surface area contributed by atoms with Gasteiger partial charge in [0.1, 0.15) is 35.9 Å². The van der Waals surface area contributed by atoms with Gasteiger partial charge in [-0.05, 0) is 44.5 Å². The van der Waals surface area contributed by atoms with Crippen LogP contribution < -0.4 is 0 Å². The second kappa shape index (κ2) is 12.5. The van der Waals surface area contributed by atoms with E-state index in [4.69, 9.17) is 23.7 Å². The molecule has 47 heavy (non-hydrogen) atoms. The van der Waals surface area contributed by atoms with Gasteiger partial charge < -0.3 is 39.0 Å². The molecule has 0 amide bonds. The van der Waals surface area contributed by atoms with Crippen LogP contribution >= 0.6 is 0 Å². The van der Waals surface area contributed by atoms with Gasteiger partial charge in [0.05, 0.1) is 22.9 Å². The van der Waals surface area contributed by atoms with Crippen molar-refractivity contribution in [3.05, 3.63) is 77.9 Å². The van der Waals surface area contributed by atoms with Crippen LogP contribution in [0.25, 0.3) is 6.08 Å². The number of hydrogen-bond donors (Lipinski definition) is 3. The van der Waals surface area contributed by atoms with Gasteiger partial charge in [-0.15, -0.1) is 0 Å². The van der Waals surface area contributed by atoms with Crippen molar-refractivity contribution >= 4 is 30.0 Å². The first kappa shape index (κ1) is 34.2. The highest BCUT2D eigenvalue weighted by atomic mass is 16.6. The normalized spacial score (nSPS) is 35.4. The number of fused-ring (bicyclic) bond motifs is 1. The molecule has 3 fully saturated rings. The first-order valence-electron chi connectivity index (χ1n) is 15.4. The third-order valence-electron chi connectivity index (χ3n) is 9.63. The minimum atomic E-state index is -2.25. The van der Waals surface area contributed by atoms with Crippen molar-refractivity contribution in [2.45, 2.75) is 88.4 Å². The molecular weight excluding hydrogens is 612 g/mol. The number of aliphatic hydroxyl groups excluding tert-OH is 2. The van der Waals surface area contributed by atoms with Crippen LogP contribution in [0.5, 0.6) is 0 Å². The predicted octanol–water partition coefficient (Wildman–Crippen LogP) is 2.37. The SMILES string of the molecule is CC(=O)OC[C@]12[C@H](OC(=O)c3ccccc3)[C@@H](O)[C@@H]3[C@@H](O)[C@]1(OC3(C)C)[C@@](C)(O)C[C@H](OC(C)=O)[C@@H]2OC(=O)C=Cc1ccccc1. The molecule has 0 unspecified atom stereocenters. The lowest BCUT2D eigenvalue weighted by Crippen LogP contribution is -2.85. The third-order valence-corrected chi connectivity index (χ3v) is 9.63. The molecule has 0 aromatic heterocycles. The number of hydrogen-bond acceptors (Lipinski definition) is 12. The Morgan fingerprint density at radius 1 is 0.872 bits per heavy atom. The highest BCUT2D eigenvalue weighted by Crippen LogP contribution is 2.68. The average Bonchev–Trinajstić information content (AvgIpc) is 3.19. The molecule has 12 nitrogen and oxygen atoms in total. The van der Waals surface area contributed by atoms with Crippen LogP contribution in [0, 0.1) is 11.3 Å². The fraction of sp³-hybridized carbons (Fsp3) is 0.486. The molecule has 9 atom stereocenters. The summed E-state index contributed by atoms with van der Waals surface area (Å²) in [5, 5.41) is 36.5.